The molecule has 0 aliphatic carbocycles. The number of hydrogen-bond donors (Lipinski definition) is 6. The lowest BCUT2D eigenvalue weighted by atomic mass is 9.99. The number of esters is 1. The van der Waals surface area contributed by atoms with Crippen molar-refractivity contribution in [3.63, 3.8) is 0 Å². The number of carbonyl (C=O) groups excluding carboxylic acids is 2. The van der Waals surface area contributed by atoms with Gasteiger partial charge in [-0.2, -0.15) is 0 Å². The number of rotatable bonds is 68. The average Bonchev–Trinajstić information content (AvgIpc) is 3.72. The summed E-state index contributed by atoms with van der Waals surface area (Å²) in [4.78, 5) is 26.7. The molecule has 1 aliphatic rings. The Kier molecular flexibility index (Phi) is 62.4. The van der Waals surface area contributed by atoms with Gasteiger partial charge in [-0.15, -0.1) is 0 Å². The van der Waals surface area contributed by atoms with E-state index in [1.807, 2.05) is 6.08 Å². The first-order chi connectivity index (χ1) is 43.2. The Balaban J connectivity index is 2.51. The summed E-state index contributed by atoms with van der Waals surface area (Å²) in [6.07, 6.45) is 69.5. The van der Waals surface area contributed by atoms with Crippen molar-refractivity contribution in [1.29, 1.82) is 0 Å². The Morgan fingerprint density at radius 2 is 0.750 bits per heavy atom. The summed E-state index contributed by atoms with van der Waals surface area (Å²) in [5, 5.41) is 57.4. The predicted octanol–water partition coefficient (Wildman–Crippen LogP) is 20.4. The second-order valence-electron chi connectivity index (χ2n) is 27.1. The Bertz CT molecular complexity index is 1530. The van der Waals surface area contributed by atoms with E-state index in [9.17, 15) is 35.1 Å². The van der Waals surface area contributed by atoms with Gasteiger partial charge in [-0.3, -0.25) is 9.59 Å². The van der Waals surface area contributed by atoms with Gasteiger partial charge in [0.1, 0.15) is 24.4 Å². The van der Waals surface area contributed by atoms with Crippen molar-refractivity contribution in [1.82, 2.24) is 5.32 Å². The van der Waals surface area contributed by atoms with Gasteiger partial charge in [-0.1, -0.05) is 360 Å². The molecule has 1 rings (SSSR count). The molecule has 1 aliphatic heterocycles. The molecule has 88 heavy (non-hydrogen) atoms. The molecule has 6 N–H and O–H groups in total. The van der Waals surface area contributed by atoms with Crippen LogP contribution in [0.3, 0.4) is 0 Å². The molecular formula is C77H147NO10. The molecule has 11 heteroatoms. The van der Waals surface area contributed by atoms with Crippen LogP contribution in [0.2, 0.25) is 0 Å². The molecule has 0 saturated carbocycles. The molecule has 0 radical (unpaired) electrons. The smallest absolute Gasteiger partial charge is 0.306 e. The lowest BCUT2D eigenvalue weighted by Gasteiger charge is -2.41. The molecule has 1 saturated heterocycles. The van der Waals surface area contributed by atoms with Gasteiger partial charge in [0.25, 0.3) is 0 Å². The molecule has 11 nitrogen and oxygen atoms in total. The summed E-state index contributed by atoms with van der Waals surface area (Å²) in [7, 11) is 0. The minimum atomic E-state index is -1.61. The van der Waals surface area contributed by atoms with E-state index in [0.29, 0.717) is 19.3 Å². The zero-order chi connectivity index (χ0) is 63.9. The summed E-state index contributed by atoms with van der Waals surface area (Å²) in [6, 6.07) is -1.02. The number of hydrogen-bond acceptors (Lipinski definition) is 10. The van der Waals surface area contributed by atoms with E-state index < -0.39 is 67.4 Å². The fraction of sp³-hybridized carbons (Fsp3) is 0.922. The average molecular weight is 1250 g/mol. The first kappa shape index (κ1) is 84.2. The Hall–Kier alpha value is -1.86. The normalized spacial score (nSPS) is 18.2. The number of nitrogens with one attached hydrogen (secondary N) is 1. The van der Waals surface area contributed by atoms with E-state index in [-0.39, 0.29) is 13.0 Å². The van der Waals surface area contributed by atoms with Crippen LogP contribution in [0.25, 0.3) is 0 Å². The molecular weight excluding hydrogens is 1100 g/mol. The molecule has 1 heterocycles. The maximum absolute atomic E-state index is 13.5. The van der Waals surface area contributed by atoms with Gasteiger partial charge >= 0.3 is 5.97 Å². The molecule has 0 aromatic heterocycles. The van der Waals surface area contributed by atoms with Crippen LogP contribution in [0.15, 0.2) is 24.3 Å². The van der Waals surface area contributed by atoms with Crippen LogP contribution in [0.1, 0.15) is 393 Å². The fourth-order valence-electron chi connectivity index (χ4n) is 12.5. The van der Waals surface area contributed by atoms with Crippen LogP contribution in [0.5, 0.6) is 0 Å². The zero-order valence-corrected chi connectivity index (χ0v) is 58.1. The second-order valence-corrected chi connectivity index (χ2v) is 27.1. The van der Waals surface area contributed by atoms with Gasteiger partial charge in [0, 0.05) is 6.42 Å². The molecule has 0 aromatic rings. The monoisotopic (exact) mass is 1250 g/mol. The summed E-state index contributed by atoms with van der Waals surface area (Å²) in [5.41, 5.74) is 0. The maximum atomic E-state index is 13.5. The van der Waals surface area contributed by atoms with Crippen LogP contribution >= 0.6 is 0 Å². The number of amides is 1. The molecule has 0 aromatic carbocycles. The van der Waals surface area contributed by atoms with E-state index in [4.69, 9.17) is 14.2 Å². The largest absolute Gasteiger partial charge is 0.454 e. The van der Waals surface area contributed by atoms with Crippen molar-refractivity contribution in [3.8, 4) is 0 Å². The molecule has 8 unspecified atom stereocenters. The number of unbranched alkanes of at least 4 members (excludes halogenated alkanes) is 52. The van der Waals surface area contributed by atoms with Crippen molar-refractivity contribution in [2.45, 2.75) is 442 Å². The summed E-state index contributed by atoms with van der Waals surface area (Å²) in [5.74, 6) is -1.17. The highest BCUT2D eigenvalue weighted by Gasteiger charge is 2.47. The predicted molar refractivity (Wildman–Crippen MR) is 371 cm³/mol. The lowest BCUT2D eigenvalue weighted by Crippen LogP contribution is -2.61. The third kappa shape index (κ3) is 51.6. The fourth-order valence-corrected chi connectivity index (χ4v) is 12.5. The Labute approximate surface area is 543 Å². The number of ether oxygens (including phenoxy) is 3. The van der Waals surface area contributed by atoms with Gasteiger partial charge < -0.3 is 45.1 Å². The first-order valence-electron chi connectivity index (χ1n) is 38.6. The third-order valence-electron chi connectivity index (χ3n) is 18.6. The van der Waals surface area contributed by atoms with E-state index in [0.717, 1.165) is 57.8 Å². The second kappa shape index (κ2) is 65.2. The molecule has 0 bridgehead atoms. The number of allylic oxidation sites excluding steroid dienone is 3. The highest BCUT2D eigenvalue weighted by Crippen LogP contribution is 2.27. The highest BCUT2D eigenvalue weighted by atomic mass is 16.7. The summed E-state index contributed by atoms with van der Waals surface area (Å²) in [6.45, 7) is 5.86. The van der Waals surface area contributed by atoms with Gasteiger partial charge in [0.2, 0.25) is 5.91 Å². The number of aliphatic hydroxyl groups excluding tert-OH is 5. The van der Waals surface area contributed by atoms with Crippen molar-refractivity contribution in [2.24, 2.45) is 0 Å². The Morgan fingerprint density at radius 1 is 0.432 bits per heavy atom. The Morgan fingerprint density at radius 3 is 1.10 bits per heavy atom. The lowest BCUT2D eigenvalue weighted by molar-refractivity contribution is -0.305. The first-order valence-corrected chi connectivity index (χ1v) is 38.6. The van der Waals surface area contributed by atoms with Crippen molar-refractivity contribution in [3.05, 3.63) is 24.3 Å². The van der Waals surface area contributed by atoms with Gasteiger partial charge in [0.15, 0.2) is 12.4 Å². The molecule has 8 atom stereocenters. The van der Waals surface area contributed by atoms with E-state index in [1.54, 1.807) is 6.08 Å². The van der Waals surface area contributed by atoms with E-state index in [2.05, 4.69) is 38.2 Å². The minimum Gasteiger partial charge on any atom is -0.454 e. The van der Waals surface area contributed by atoms with Gasteiger partial charge in [-0.05, 0) is 51.4 Å². The topological polar surface area (TPSA) is 175 Å². The van der Waals surface area contributed by atoms with Crippen LogP contribution in [-0.4, -0.2) is 99.6 Å². The van der Waals surface area contributed by atoms with E-state index >= 15 is 0 Å². The molecule has 0 spiro atoms. The van der Waals surface area contributed by atoms with Crippen LogP contribution in [-0.2, 0) is 23.8 Å². The zero-order valence-electron chi connectivity index (χ0n) is 58.1. The van der Waals surface area contributed by atoms with Crippen LogP contribution < -0.4 is 5.32 Å². The summed E-state index contributed by atoms with van der Waals surface area (Å²) < 4.78 is 17.7. The molecule has 1 fully saturated rings. The molecule has 520 valence electrons. The van der Waals surface area contributed by atoms with Gasteiger partial charge in [-0.25, -0.2) is 0 Å². The number of carbonyl (C=O) groups is 2. The van der Waals surface area contributed by atoms with Crippen LogP contribution in [0, 0.1) is 0 Å². The standard InChI is InChI=1S/C77H147NO10/c1-4-7-10-13-16-19-22-25-27-29-31-33-35-37-38-40-42-44-46-49-52-55-58-61-64-70(81)76(85)78-68(69(80)63-60-57-54-51-48-24-21-18-15-12-9-6-3)67-86-77-75(74(84)73(83)71(66-79)87-77)88-72(82)65-62-59-56-53-50-47-45-43-41-39-36-34-32-30-28-26-23-20-17-14-11-8-5-2/h25,27,60,63,68-71,73-75,77,79-81,83-84H,4-24,26,28-59,61-62,64-67H2,1-3H3,(H,78,85)/b27-25+,63-60+. The SMILES string of the molecule is CCCCCCCC/C=C/CCCCCCCCCCCCCCCCC(O)C(=O)NC(COC1OC(CO)C(O)C(O)C1OC(=O)CCCCCCCCCCCCCCCCCCCCCCCCC)C(O)/C=C/CCCCCCCCCCCC. The van der Waals surface area contributed by atoms with Crippen molar-refractivity contribution >= 4 is 11.9 Å². The maximum Gasteiger partial charge on any atom is 0.306 e. The van der Waals surface area contributed by atoms with Crippen molar-refractivity contribution in [2.75, 3.05) is 13.2 Å². The quantitative estimate of drug-likeness (QED) is 0.0195. The summed E-state index contributed by atoms with van der Waals surface area (Å²) >= 11 is 0. The van der Waals surface area contributed by atoms with Crippen LogP contribution in [0.4, 0.5) is 0 Å². The number of aliphatic hydroxyl groups is 5. The highest BCUT2D eigenvalue weighted by molar-refractivity contribution is 5.80. The van der Waals surface area contributed by atoms with Crippen molar-refractivity contribution < 1.29 is 49.3 Å². The minimum absolute atomic E-state index is 0.131. The van der Waals surface area contributed by atoms with Gasteiger partial charge in [0.05, 0.1) is 25.4 Å². The van der Waals surface area contributed by atoms with E-state index in [1.165, 1.54) is 289 Å². The molecule has 1 amide bonds. The third-order valence-corrected chi connectivity index (χ3v) is 18.6.